The fraction of sp³-hybridized carbons (Fsp3) is 0.160. The minimum Gasteiger partial charge on any atom is -0.493 e. The number of hydrazone groups is 1. The molecule has 33 heavy (non-hydrogen) atoms. The van der Waals surface area contributed by atoms with Crippen LogP contribution in [0.3, 0.4) is 0 Å². The number of hydrogen-bond donors (Lipinski definition) is 2. The number of nitrogens with zero attached hydrogens (tertiary/aromatic N) is 1. The first-order valence-corrected chi connectivity index (χ1v) is 10.3. The van der Waals surface area contributed by atoms with Crippen LogP contribution in [0.2, 0.25) is 0 Å². The molecule has 3 aromatic rings. The number of anilines is 1. The van der Waals surface area contributed by atoms with Gasteiger partial charge in [-0.25, -0.2) is 5.43 Å². The quantitative estimate of drug-likeness (QED) is 0.363. The Labute approximate surface area is 192 Å². The Bertz CT molecular complexity index is 1120. The number of hydrogen-bond acceptors (Lipinski definition) is 6. The number of benzene rings is 3. The number of carbonyl (C=O) groups excluding carboxylic acids is 2. The van der Waals surface area contributed by atoms with Crippen molar-refractivity contribution in [1.29, 1.82) is 0 Å². The van der Waals surface area contributed by atoms with E-state index in [1.54, 1.807) is 54.6 Å². The van der Waals surface area contributed by atoms with Crippen molar-refractivity contribution >= 4 is 23.7 Å². The van der Waals surface area contributed by atoms with Crippen molar-refractivity contribution in [2.24, 2.45) is 5.10 Å². The van der Waals surface area contributed by atoms with E-state index in [-0.39, 0.29) is 18.4 Å². The monoisotopic (exact) mass is 447 g/mol. The van der Waals surface area contributed by atoms with E-state index < -0.39 is 0 Å². The molecular weight excluding hydrogens is 422 g/mol. The van der Waals surface area contributed by atoms with Crippen molar-refractivity contribution in [3.8, 4) is 17.2 Å². The highest BCUT2D eigenvalue weighted by Gasteiger charge is 2.10. The third-order valence-electron chi connectivity index (χ3n) is 4.39. The summed E-state index contributed by atoms with van der Waals surface area (Å²) in [5.74, 6) is 0.882. The van der Waals surface area contributed by atoms with Gasteiger partial charge in [0.2, 0.25) is 0 Å². The molecule has 170 valence electrons. The number of rotatable bonds is 10. The molecule has 3 rings (SSSR count). The fourth-order valence-electron chi connectivity index (χ4n) is 2.87. The summed E-state index contributed by atoms with van der Waals surface area (Å²) in [7, 11) is 1.54. The van der Waals surface area contributed by atoms with E-state index in [4.69, 9.17) is 14.2 Å². The lowest BCUT2D eigenvalue weighted by molar-refractivity contribution is -0.118. The van der Waals surface area contributed by atoms with E-state index in [2.05, 4.69) is 15.8 Å². The number of para-hydroxylation sites is 1. The van der Waals surface area contributed by atoms with Crippen LogP contribution in [0.5, 0.6) is 17.2 Å². The SMILES string of the molecule is CCOc1cc(C(=O)N/N=C/c2cccc(OCC(=O)Nc3ccccc3)c2)ccc1OC. The molecule has 0 heterocycles. The molecule has 0 spiro atoms. The highest BCUT2D eigenvalue weighted by Crippen LogP contribution is 2.28. The number of carbonyl (C=O) groups is 2. The molecule has 0 unspecified atom stereocenters. The molecule has 0 atom stereocenters. The van der Waals surface area contributed by atoms with Crippen LogP contribution in [0.25, 0.3) is 0 Å². The molecule has 3 aromatic carbocycles. The van der Waals surface area contributed by atoms with Crippen molar-refractivity contribution in [3.05, 3.63) is 83.9 Å². The maximum absolute atomic E-state index is 12.4. The van der Waals surface area contributed by atoms with Crippen LogP contribution in [-0.2, 0) is 4.79 Å². The van der Waals surface area contributed by atoms with E-state index in [0.717, 1.165) is 0 Å². The van der Waals surface area contributed by atoms with E-state index >= 15 is 0 Å². The van der Waals surface area contributed by atoms with Gasteiger partial charge in [-0.1, -0.05) is 30.3 Å². The average molecular weight is 447 g/mol. The minimum atomic E-state index is -0.389. The van der Waals surface area contributed by atoms with Gasteiger partial charge in [0.1, 0.15) is 5.75 Å². The number of amides is 2. The fourth-order valence-corrected chi connectivity index (χ4v) is 2.87. The van der Waals surface area contributed by atoms with Gasteiger partial charge in [-0.3, -0.25) is 9.59 Å². The highest BCUT2D eigenvalue weighted by atomic mass is 16.5. The lowest BCUT2D eigenvalue weighted by Gasteiger charge is -2.10. The molecule has 0 aliphatic carbocycles. The Hall–Kier alpha value is -4.33. The van der Waals surface area contributed by atoms with Gasteiger partial charge >= 0.3 is 0 Å². The van der Waals surface area contributed by atoms with Crippen LogP contribution in [0.4, 0.5) is 5.69 Å². The van der Waals surface area contributed by atoms with Crippen LogP contribution in [0.1, 0.15) is 22.8 Å². The van der Waals surface area contributed by atoms with Gasteiger partial charge in [-0.15, -0.1) is 0 Å². The summed E-state index contributed by atoms with van der Waals surface area (Å²) < 4.78 is 16.3. The zero-order valence-electron chi connectivity index (χ0n) is 18.4. The maximum Gasteiger partial charge on any atom is 0.271 e. The second-order valence-electron chi connectivity index (χ2n) is 6.77. The lowest BCUT2D eigenvalue weighted by atomic mass is 10.2. The van der Waals surface area contributed by atoms with Gasteiger partial charge in [0, 0.05) is 11.3 Å². The number of nitrogens with one attached hydrogen (secondary N) is 2. The summed E-state index contributed by atoms with van der Waals surface area (Å²) in [6.45, 7) is 2.17. The molecule has 0 radical (unpaired) electrons. The Morgan fingerprint density at radius 1 is 0.939 bits per heavy atom. The first kappa shape index (κ1) is 23.3. The summed E-state index contributed by atoms with van der Waals surface area (Å²) >= 11 is 0. The van der Waals surface area contributed by atoms with Crippen LogP contribution < -0.4 is 25.0 Å². The van der Waals surface area contributed by atoms with Crippen LogP contribution in [0.15, 0.2) is 77.9 Å². The average Bonchev–Trinajstić information content (AvgIpc) is 2.84. The normalized spacial score (nSPS) is 10.5. The van der Waals surface area contributed by atoms with Crippen LogP contribution in [-0.4, -0.2) is 38.4 Å². The molecule has 0 aromatic heterocycles. The summed E-state index contributed by atoms with van der Waals surface area (Å²) in [6.07, 6.45) is 1.49. The molecule has 8 heteroatoms. The third kappa shape index (κ3) is 7.10. The molecule has 0 bridgehead atoms. The number of methoxy groups -OCH3 is 1. The second-order valence-corrected chi connectivity index (χ2v) is 6.77. The van der Waals surface area contributed by atoms with Gasteiger partial charge in [0.05, 0.1) is 19.9 Å². The van der Waals surface area contributed by atoms with Crippen molar-refractivity contribution in [2.45, 2.75) is 6.92 Å². The topological polar surface area (TPSA) is 98.3 Å². The molecule has 0 saturated heterocycles. The van der Waals surface area contributed by atoms with Gasteiger partial charge in [-0.05, 0) is 55.0 Å². The largest absolute Gasteiger partial charge is 0.493 e. The van der Waals surface area contributed by atoms with Gasteiger partial charge < -0.3 is 19.5 Å². The molecule has 2 amide bonds. The first-order chi connectivity index (χ1) is 16.1. The van der Waals surface area contributed by atoms with Gasteiger partial charge in [0.25, 0.3) is 11.8 Å². The Balaban J connectivity index is 1.54. The second kappa shape index (κ2) is 11.9. The van der Waals surface area contributed by atoms with E-state index in [0.29, 0.717) is 40.7 Å². The Morgan fingerprint density at radius 3 is 2.52 bits per heavy atom. The molecule has 0 aliphatic heterocycles. The lowest BCUT2D eigenvalue weighted by Crippen LogP contribution is -2.20. The molecule has 0 aliphatic rings. The molecule has 0 fully saturated rings. The van der Waals surface area contributed by atoms with Crippen molar-refractivity contribution < 1.29 is 23.8 Å². The molecule has 0 saturated carbocycles. The van der Waals surface area contributed by atoms with Crippen LogP contribution >= 0.6 is 0 Å². The zero-order valence-corrected chi connectivity index (χ0v) is 18.4. The van der Waals surface area contributed by atoms with E-state index in [1.165, 1.54) is 13.3 Å². The van der Waals surface area contributed by atoms with Gasteiger partial charge in [0.15, 0.2) is 18.1 Å². The summed E-state index contributed by atoms with van der Waals surface area (Å²) in [4.78, 5) is 24.4. The van der Waals surface area contributed by atoms with Crippen molar-refractivity contribution in [1.82, 2.24) is 5.43 Å². The first-order valence-electron chi connectivity index (χ1n) is 10.3. The Kier molecular flexibility index (Phi) is 8.41. The summed E-state index contributed by atoms with van der Waals surface area (Å²) in [5, 5.41) is 6.75. The summed E-state index contributed by atoms with van der Waals surface area (Å²) in [6, 6.07) is 21.1. The highest BCUT2D eigenvalue weighted by molar-refractivity contribution is 5.95. The maximum atomic E-state index is 12.4. The zero-order chi connectivity index (χ0) is 23.5. The molecule has 8 nitrogen and oxygen atoms in total. The molecular formula is C25H25N3O5. The van der Waals surface area contributed by atoms with Crippen LogP contribution in [0, 0.1) is 0 Å². The minimum absolute atomic E-state index is 0.133. The summed E-state index contributed by atoms with van der Waals surface area (Å²) in [5.41, 5.74) is 4.26. The number of ether oxygens (including phenoxy) is 3. The smallest absolute Gasteiger partial charge is 0.271 e. The van der Waals surface area contributed by atoms with Gasteiger partial charge in [-0.2, -0.15) is 5.10 Å². The third-order valence-corrected chi connectivity index (χ3v) is 4.39. The molecule has 2 N–H and O–H groups in total. The van der Waals surface area contributed by atoms with Crippen molar-refractivity contribution in [2.75, 3.05) is 25.6 Å². The van der Waals surface area contributed by atoms with Crippen molar-refractivity contribution in [3.63, 3.8) is 0 Å². The Morgan fingerprint density at radius 2 is 1.76 bits per heavy atom. The predicted molar refractivity (Wildman–Crippen MR) is 126 cm³/mol. The van der Waals surface area contributed by atoms with E-state index in [9.17, 15) is 9.59 Å². The van der Waals surface area contributed by atoms with E-state index in [1.807, 2.05) is 25.1 Å². The standard InChI is InChI=1S/C25H25N3O5/c1-3-32-23-15-19(12-13-22(23)31-2)25(30)28-26-16-18-8-7-11-21(14-18)33-17-24(29)27-20-9-5-4-6-10-20/h4-16H,3,17H2,1-2H3,(H,27,29)(H,28,30)/b26-16+. The predicted octanol–water partition coefficient (Wildman–Crippen LogP) is 3.88.